The maximum Gasteiger partial charge on any atom is 0.409 e. The summed E-state index contributed by atoms with van der Waals surface area (Å²) in [5.41, 5.74) is 4.54. The molecule has 1 aromatic heterocycles. The molecule has 4 rings (SSSR count). The van der Waals surface area contributed by atoms with Crippen molar-refractivity contribution in [1.29, 1.82) is 0 Å². The number of ether oxygens (including phenoxy) is 1. The molecule has 4 aromatic rings. The molecule has 0 aliphatic rings. The van der Waals surface area contributed by atoms with Crippen LogP contribution in [0.25, 0.3) is 11.0 Å². The van der Waals surface area contributed by atoms with Crippen LogP contribution < -0.4 is 5.32 Å². The lowest BCUT2D eigenvalue weighted by Crippen LogP contribution is -2.34. The van der Waals surface area contributed by atoms with Crippen molar-refractivity contribution in [3.8, 4) is 0 Å². The first-order valence-corrected chi connectivity index (χ1v) is 9.04. The molecule has 3 aromatic carbocycles. The Bertz CT molecular complexity index is 1070. The minimum absolute atomic E-state index is 0.200. The Morgan fingerprint density at radius 2 is 1.71 bits per heavy atom. The first-order valence-electron chi connectivity index (χ1n) is 9.04. The van der Waals surface area contributed by atoms with Gasteiger partial charge in [0.25, 0.3) is 0 Å². The molecule has 1 N–H and O–H groups in total. The van der Waals surface area contributed by atoms with Gasteiger partial charge in [0.15, 0.2) is 6.17 Å². The molecule has 0 aliphatic heterocycles. The van der Waals surface area contributed by atoms with Crippen molar-refractivity contribution in [2.24, 2.45) is 0 Å². The van der Waals surface area contributed by atoms with Gasteiger partial charge in [0.2, 0.25) is 0 Å². The predicted molar refractivity (Wildman–Crippen MR) is 107 cm³/mol. The van der Waals surface area contributed by atoms with E-state index in [0.29, 0.717) is 0 Å². The smallest absolute Gasteiger partial charge is 0.409 e. The van der Waals surface area contributed by atoms with Crippen LogP contribution >= 0.6 is 0 Å². The van der Waals surface area contributed by atoms with E-state index in [1.54, 1.807) is 4.68 Å². The van der Waals surface area contributed by atoms with E-state index in [-0.39, 0.29) is 6.61 Å². The van der Waals surface area contributed by atoms with Crippen molar-refractivity contribution in [2.75, 3.05) is 0 Å². The maximum atomic E-state index is 12.5. The first kappa shape index (κ1) is 17.7. The zero-order valence-electron chi connectivity index (χ0n) is 15.4. The number of aromatic nitrogens is 3. The Balaban J connectivity index is 1.60. The van der Waals surface area contributed by atoms with Gasteiger partial charge < -0.3 is 4.74 Å². The van der Waals surface area contributed by atoms with Gasteiger partial charge in [-0.2, -0.15) is 0 Å². The predicted octanol–water partition coefficient (Wildman–Crippen LogP) is 4.21. The minimum atomic E-state index is -0.531. The van der Waals surface area contributed by atoms with E-state index >= 15 is 0 Å². The molecule has 0 saturated carbocycles. The number of nitrogens with zero attached hydrogens (tertiary/aromatic N) is 3. The molecule has 28 heavy (non-hydrogen) atoms. The number of aryl methyl sites for hydroxylation is 1. The van der Waals surface area contributed by atoms with E-state index in [1.165, 1.54) is 0 Å². The quantitative estimate of drug-likeness (QED) is 0.570. The lowest BCUT2D eigenvalue weighted by Gasteiger charge is -2.20. The van der Waals surface area contributed by atoms with E-state index in [2.05, 4.69) is 15.6 Å². The summed E-state index contributed by atoms with van der Waals surface area (Å²) >= 11 is 0. The molecule has 0 aliphatic carbocycles. The fraction of sp³-hybridized carbons (Fsp3) is 0.136. The molecule has 0 spiro atoms. The van der Waals surface area contributed by atoms with Crippen molar-refractivity contribution >= 4 is 17.1 Å². The number of amides is 1. The lowest BCUT2D eigenvalue weighted by molar-refractivity contribution is 0.133. The molecule has 1 heterocycles. The molecule has 0 fully saturated rings. The molecule has 0 radical (unpaired) electrons. The zero-order chi connectivity index (χ0) is 19.3. The summed E-state index contributed by atoms with van der Waals surface area (Å²) in [6.45, 7) is 2.22. The summed E-state index contributed by atoms with van der Waals surface area (Å²) in [5.74, 6) is 0. The summed E-state index contributed by atoms with van der Waals surface area (Å²) in [6, 6.07) is 25.1. The third-order valence-corrected chi connectivity index (χ3v) is 4.48. The van der Waals surface area contributed by atoms with Gasteiger partial charge in [-0.25, -0.2) is 9.48 Å². The highest BCUT2D eigenvalue weighted by Gasteiger charge is 2.21. The number of fused-ring (bicyclic) bond motifs is 1. The van der Waals surface area contributed by atoms with Crippen LogP contribution in [0, 0.1) is 6.92 Å². The van der Waals surface area contributed by atoms with E-state index < -0.39 is 12.3 Å². The van der Waals surface area contributed by atoms with Crippen LogP contribution in [0.2, 0.25) is 0 Å². The molecule has 1 unspecified atom stereocenters. The van der Waals surface area contributed by atoms with Crippen LogP contribution in [0.15, 0.2) is 78.9 Å². The largest absolute Gasteiger partial charge is 0.445 e. The topological polar surface area (TPSA) is 69.0 Å². The molecule has 140 valence electrons. The Morgan fingerprint density at radius 1 is 1.00 bits per heavy atom. The number of benzene rings is 3. The highest BCUT2D eigenvalue weighted by molar-refractivity contribution is 5.75. The van der Waals surface area contributed by atoms with Crippen molar-refractivity contribution in [3.05, 3.63) is 95.6 Å². The van der Waals surface area contributed by atoms with Crippen LogP contribution in [-0.2, 0) is 11.3 Å². The zero-order valence-corrected chi connectivity index (χ0v) is 15.4. The van der Waals surface area contributed by atoms with Gasteiger partial charge >= 0.3 is 6.09 Å². The third-order valence-electron chi connectivity index (χ3n) is 4.48. The SMILES string of the molecule is Cc1ccc(C(NC(=O)OCc2ccccc2)n2nnc3ccccc32)cc1. The highest BCUT2D eigenvalue weighted by atomic mass is 16.5. The molecule has 1 amide bonds. The van der Waals surface area contributed by atoms with E-state index in [9.17, 15) is 4.79 Å². The van der Waals surface area contributed by atoms with Crippen molar-refractivity contribution in [3.63, 3.8) is 0 Å². The Hall–Kier alpha value is -3.67. The lowest BCUT2D eigenvalue weighted by atomic mass is 10.1. The fourth-order valence-corrected chi connectivity index (χ4v) is 2.99. The number of para-hydroxylation sites is 1. The average Bonchev–Trinajstić information content (AvgIpc) is 3.16. The Labute approximate surface area is 162 Å². The summed E-state index contributed by atoms with van der Waals surface area (Å²) in [7, 11) is 0. The van der Waals surface area contributed by atoms with E-state index in [1.807, 2.05) is 85.8 Å². The van der Waals surface area contributed by atoms with Gasteiger partial charge in [0, 0.05) is 0 Å². The molecule has 0 bridgehead atoms. The van der Waals surface area contributed by atoms with Gasteiger partial charge in [-0.1, -0.05) is 77.5 Å². The normalized spacial score (nSPS) is 11.9. The Morgan fingerprint density at radius 3 is 2.50 bits per heavy atom. The van der Waals surface area contributed by atoms with Gasteiger partial charge in [-0.05, 0) is 30.2 Å². The van der Waals surface area contributed by atoms with Gasteiger partial charge in [-0.3, -0.25) is 5.32 Å². The second-order valence-electron chi connectivity index (χ2n) is 6.54. The van der Waals surface area contributed by atoms with Crippen LogP contribution in [-0.4, -0.2) is 21.1 Å². The van der Waals surface area contributed by atoms with Crippen LogP contribution in [0.4, 0.5) is 4.79 Å². The van der Waals surface area contributed by atoms with Gasteiger partial charge in [0.05, 0.1) is 5.52 Å². The van der Waals surface area contributed by atoms with Crippen LogP contribution in [0.1, 0.15) is 22.9 Å². The minimum Gasteiger partial charge on any atom is -0.445 e. The maximum absolute atomic E-state index is 12.5. The van der Waals surface area contributed by atoms with Crippen LogP contribution in [0.3, 0.4) is 0 Å². The summed E-state index contributed by atoms with van der Waals surface area (Å²) in [5, 5.41) is 11.4. The number of hydrogen-bond donors (Lipinski definition) is 1. The molecule has 1 atom stereocenters. The highest BCUT2D eigenvalue weighted by Crippen LogP contribution is 2.21. The number of rotatable bonds is 5. The standard InChI is InChI=1S/C22H20N4O2/c1-16-11-13-18(14-12-16)21(26-20-10-6-5-9-19(20)24-25-26)23-22(27)28-15-17-7-3-2-4-8-17/h2-14,21H,15H2,1H3,(H,23,27). The number of alkyl carbamates (subject to hydrolysis) is 1. The molecule has 0 saturated heterocycles. The second kappa shape index (κ2) is 7.92. The number of hydrogen-bond acceptors (Lipinski definition) is 4. The first-order chi connectivity index (χ1) is 13.7. The number of carbonyl (C=O) groups excluding carboxylic acids is 1. The molecule has 6 heteroatoms. The molecular weight excluding hydrogens is 352 g/mol. The van der Waals surface area contributed by atoms with Crippen molar-refractivity contribution < 1.29 is 9.53 Å². The molecule has 6 nitrogen and oxygen atoms in total. The molecular formula is C22H20N4O2. The summed E-state index contributed by atoms with van der Waals surface area (Å²) < 4.78 is 7.10. The number of nitrogens with one attached hydrogen (secondary N) is 1. The summed E-state index contributed by atoms with van der Waals surface area (Å²) in [4.78, 5) is 12.5. The second-order valence-corrected chi connectivity index (χ2v) is 6.54. The Kier molecular flexibility index (Phi) is 5.01. The van der Waals surface area contributed by atoms with E-state index in [0.717, 1.165) is 27.7 Å². The number of carbonyl (C=O) groups is 1. The fourth-order valence-electron chi connectivity index (χ4n) is 2.99. The third kappa shape index (κ3) is 3.86. The van der Waals surface area contributed by atoms with Crippen LogP contribution in [0.5, 0.6) is 0 Å². The van der Waals surface area contributed by atoms with Crippen molar-refractivity contribution in [1.82, 2.24) is 20.3 Å². The monoisotopic (exact) mass is 372 g/mol. The van der Waals surface area contributed by atoms with E-state index in [4.69, 9.17) is 4.74 Å². The van der Waals surface area contributed by atoms with Gasteiger partial charge in [0.1, 0.15) is 12.1 Å². The van der Waals surface area contributed by atoms with Gasteiger partial charge in [-0.15, -0.1) is 5.10 Å². The summed E-state index contributed by atoms with van der Waals surface area (Å²) in [6.07, 6.45) is -1.05. The van der Waals surface area contributed by atoms with Crippen molar-refractivity contribution in [2.45, 2.75) is 19.7 Å². The average molecular weight is 372 g/mol.